The summed E-state index contributed by atoms with van der Waals surface area (Å²) in [6.07, 6.45) is 1.44. The first-order chi connectivity index (χ1) is 15.9. The molecule has 0 aliphatic rings. The third-order valence-corrected chi connectivity index (χ3v) is 5.71. The second-order valence-electron chi connectivity index (χ2n) is 7.31. The number of rotatable bonds is 7. The number of amides is 2. The summed E-state index contributed by atoms with van der Waals surface area (Å²) in [4.78, 5) is 25.0. The fraction of sp³-hybridized carbons (Fsp3) is 0.125. The average molecular weight is 483 g/mol. The van der Waals surface area contributed by atoms with Crippen molar-refractivity contribution in [3.8, 4) is 0 Å². The van der Waals surface area contributed by atoms with Gasteiger partial charge in [-0.05, 0) is 48.4 Å². The highest BCUT2D eigenvalue weighted by atomic mass is 35.5. The molecule has 0 atom stereocenters. The molecule has 0 saturated heterocycles. The largest absolute Gasteiger partial charge is 0.459 e. The normalized spacial score (nSPS) is 10.8. The van der Waals surface area contributed by atoms with Gasteiger partial charge in [0.2, 0.25) is 0 Å². The zero-order valence-electron chi connectivity index (χ0n) is 17.6. The van der Waals surface area contributed by atoms with Crippen LogP contribution in [0.25, 0.3) is 0 Å². The molecule has 2 N–H and O–H groups in total. The van der Waals surface area contributed by atoms with Crippen LogP contribution in [0.5, 0.6) is 0 Å². The van der Waals surface area contributed by atoms with Crippen LogP contribution in [0.2, 0.25) is 10.2 Å². The van der Waals surface area contributed by atoms with E-state index in [-0.39, 0.29) is 29.3 Å². The van der Waals surface area contributed by atoms with E-state index in [2.05, 4.69) is 15.7 Å². The molecule has 0 radical (unpaired) electrons. The molecule has 33 heavy (non-hydrogen) atoms. The lowest BCUT2D eigenvalue weighted by molar-refractivity contribution is 0.0949. The fourth-order valence-electron chi connectivity index (χ4n) is 3.33. The molecule has 0 bridgehead atoms. The number of nitrogens with zero attached hydrogens (tertiary/aromatic N) is 2. The Morgan fingerprint density at radius 2 is 1.85 bits per heavy atom. The highest BCUT2D eigenvalue weighted by Gasteiger charge is 2.20. The fourth-order valence-corrected chi connectivity index (χ4v) is 3.85. The van der Waals surface area contributed by atoms with Gasteiger partial charge in [-0.1, -0.05) is 53.5 Å². The topological polar surface area (TPSA) is 89.2 Å². The molecule has 2 heterocycles. The van der Waals surface area contributed by atoms with Crippen LogP contribution < -0.4 is 10.6 Å². The van der Waals surface area contributed by atoms with E-state index in [0.29, 0.717) is 28.5 Å². The Balaban J connectivity index is 1.42. The van der Waals surface area contributed by atoms with Crippen molar-refractivity contribution in [1.82, 2.24) is 15.1 Å². The van der Waals surface area contributed by atoms with E-state index in [0.717, 1.165) is 11.1 Å². The van der Waals surface area contributed by atoms with Gasteiger partial charge >= 0.3 is 0 Å². The van der Waals surface area contributed by atoms with Crippen LogP contribution in [0.3, 0.4) is 0 Å². The molecule has 2 amide bonds. The van der Waals surface area contributed by atoms with E-state index in [9.17, 15) is 9.59 Å². The molecule has 7 nitrogen and oxygen atoms in total. The smallest absolute Gasteiger partial charge is 0.291 e. The molecule has 2 aromatic heterocycles. The zero-order chi connectivity index (χ0) is 23.4. The number of carbonyl (C=O) groups is 2. The monoisotopic (exact) mass is 482 g/mol. The molecular formula is C24H20Cl2N4O3. The van der Waals surface area contributed by atoms with Gasteiger partial charge in [-0.15, -0.1) is 0 Å². The van der Waals surface area contributed by atoms with E-state index in [1.54, 1.807) is 48.0 Å². The Morgan fingerprint density at radius 3 is 2.61 bits per heavy atom. The Labute approximate surface area is 200 Å². The van der Waals surface area contributed by atoms with Gasteiger partial charge in [-0.2, -0.15) is 5.10 Å². The van der Waals surface area contributed by atoms with Crippen molar-refractivity contribution in [3.63, 3.8) is 0 Å². The molecule has 9 heteroatoms. The summed E-state index contributed by atoms with van der Waals surface area (Å²) in [5.74, 6) is -0.477. The second-order valence-corrected chi connectivity index (χ2v) is 8.08. The van der Waals surface area contributed by atoms with Crippen molar-refractivity contribution in [3.05, 3.63) is 105 Å². The molecule has 168 valence electrons. The van der Waals surface area contributed by atoms with Gasteiger partial charge in [0.25, 0.3) is 11.8 Å². The van der Waals surface area contributed by atoms with Crippen LogP contribution in [0, 0.1) is 6.92 Å². The summed E-state index contributed by atoms with van der Waals surface area (Å²) in [6.45, 7) is 2.33. The lowest BCUT2D eigenvalue weighted by Crippen LogP contribution is -2.23. The number of aromatic nitrogens is 2. The number of benzene rings is 2. The van der Waals surface area contributed by atoms with Gasteiger partial charge < -0.3 is 15.1 Å². The Kier molecular flexibility index (Phi) is 6.82. The van der Waals surface area contributed by atoms with E-state index in [4.69, 9.17) is 27.6 Å². The number of carbonyl (C=O) groups excluding carboxylic acids is 2. The minimum absolute atomic E-state index is 0.215. The first-order valence-corrected chi connectivity index (χ1v) is 10.9. The number of furan rings is 1. The number of hydrogen-bond donors (Lipinski definition) is 2. The van der Waals surface area contributed by atoms with Crippen molar-refractivity contribution in [2.45, 2.75) is 20.0 Å². The molecule has 0 spiro atoms. The van der Waals surface area contributed by atoms with E-state index in [1.165, 1.54) is 6.26 Å². The molecule has 4 rings (SSSR count). The minimum Gasteiger partial charge on any atom is -0.459 e. The van der Waals surface area contributed by atoms with Crippen LogP contribution in [0.1, 0.15) is 37.7 Å². The van der Waals surface area contributed by atoms with Crippen molar-refractivity contribution >= 4 is 40.7 Å². The predicted octanol–water partition coefficient (Wildman–Crippen LogP) is 5.32. The van der Waals surface area contributed by atoms with Crippen LogP contribution in [-0.2, 0) is 13.1 Å². The maximum atomic E-state index is 12.9. The van der Waals surface area contributed by atoms with Gasteiger partial charge in [0.1, 0.15) is 5.15 Å². The van der Waals surface area contributed by atoms with Gasteiger partial charge in [0.15, 0.2) is 5.76 Å². The zero-order valence-corrected chi connectivity index (χ0v) is 19.2. The molecule has 0 saturated carbocycles. The second kappa shape index (κ2) is 9.94. The Bertz CT molecular complexity index is 1300. The summed E-state index contributed by atoms with van der Waals surface area (Å²) < 4.78 is 6.65. The standard InChI is InChI=1S/C24H20Cl2N4O3/c1-15-21(22(26)30(29-15)14-17-7-2-3-9-19(17)25)24(32)27-13-16-6-4-8-18(12-16)28-23(31)20-10-5-11-33-20/h2-12H,13-14H2,1H3,(H,27,32)(H,28,31). The van der Waals surface area contributed by atoms with E-state index >= 15 is 0 Å². The lowest BCUT2D eigenvalue weighted by atomic mass is 10.2. The molecule has 0 unspecified atom stereocenters. The number of halogens is 2. The van der Waals surface area contributed by atoms with Gasteiger partial charge in [0.05, 0.1) is 24.1 Å². The quantitative estimate of drug-likeness (QED) is 0.372. The van der Waals surface area contributed by atoms with E-state index < -0.39 is 0 Å². The maximum absolute atomic E-state index is 12.9. The molecule has 4 aromatic rings. The molecule has 0 aliphatic carbocycles. The average Bonchev–Trinajstić information content (AvgIpc) is 3.43. The van der Waals surface area contributed by atoms with Crippen LogP contribution >= 0.6 is 23.2 Å². The van der Waals surface area contributed by atoms with Gasteiger partial charge in [-0.3, -0.25) is 9.59 Å². The number of hydrogen-bond acceptors (Lipinski definition) is 4. The lowest BCUT2D eigenvalue weighted by Gasteiger charge is -2.09. The molecule has 2 aromatic carbocycles. The highest BCUT2D eigenvalue weighted by Crippen LogP contribution is 2.23. The van der Waals surface area contributed by atoms with Crippen molar-refractivity contribution in [1.29, 1.82) is 0 Å². The van der Waals surface area contributed by atoms with Crippen molar-refractivity contribution < 1.29 is 14.0 Å². The van der Waals surface area contributed by atoms with Crippen LogP contribution in [-0.4, -0.2) is 21.6 Å². The number of anilines is 1. The summed E-state index contributed by atoms with van der Waals surface area (Å²) in [5, 5.41) is 10.9. The minimum atomic E-state index is -0.352. The predicted molar refractivity (Wildman–Crippen MR) is 127 cm³/mol. The van der Waals surface area contributed by atoms with Crippen LogP contribution in [0.4, 0.5) is 5.69 Å². The number of aryl methyl sites for hydroxylation is 1. The maximum Gasteiger partial charge on any atom is 0.291 e. The van der Waals surface area contributed by atoms with Gasteiger partial charge in [-0.25, -0.2) is 4.68 Å². The first kappa shape index (κ1) is 22.6. The summed E-state index contributed by atoms with van der Waals surface area (Å²) >= 11 is 12.7. The molecular weight excluding hydrogens is 463 g/mol. The summed E-state index contributed by atoms with van der Waals surface area (Å²) in [7, 11) is 0. The first-order valence-electron chi connectivity index (χ1n) is 10.1. The Morgan fingerprint density at radius 1 is 1.03 bits per heavy atom. The Hall–Kier alpha value is -3.55. The SMILES string of the molecule is Cc1nn(Cc2ccccc2Cl)c(Cl)c1C(=O)NCc1cccc(NC(=O)c2ccco2)c1. The molecule has 0 fully saturated rings. The third-order valence-electron chi connectivity index (χ3n) is 4.95. The third kappa shape index (κ3) is 5.27. The summed E-state index contributed by atoms with van der Waals surface area (Å²) in [6, 6.07) is 17.8. The highest BCUT2D eigenvalue weighted by molar-refractivity contribution is 6.33. The van der Waals surface area contributed by atoms with Crippen molar-refractivity contribution in [2.24, 2.45) is 0 Å². The van der Waals surface area contributed by atoms with E-state index in [1.807, 2.05) is 24.3 Å². The molecule has 0 aliphatic heterocycles. The van der Waals surface area contributed by atoms with Crippen molar-refractivity contribution in [2.75, 3.05) is 5.32 Å². The summed E-state index contributed by atoms with van der Waals surface area (Å²) in [5.41, 5.74) is 3.07. The number of nitrogens with one attached hydrogen (secondary N) is 2. The van der Waals surface area contributed by atoms with Crippen LogP contribution in [0.15, 0.2) is 71.3 Å². The van der Waals surface area contributed by atoms with Gasteiger partial charge in [0, 0.05) is 17.3 Å².